The van der Waals surface area contributed by atoms with Crippen molar-refractivity contribution in [3.8, 4) is 17.2 Å². The third-order valence-corrected chi connectivity index (χ3v) is 2.49. The lowest BCUT2D eigenvalue weighted by Crippen LogP contribution is -2.17. The van der Waals surface area contributed by atoms with Crippen LogP contribution in [0.4, 0.5) is 5.69 Å². The van der Waals surface area contributed by atoms with Gasteiger partial charge in [-0.05, 0) is 0 Å². The van der Waals surface area contributed by atoms with E-state index in [2.05, 4.69) is 6.58 Å². The number of halogens is 1. The van der Waals surface area contributed by atoms with Crippen LogP contribution in [0.5, 0.6) is 17.2 Å². The summed E-state index contributed by atoms with van der Waals surface area (Å²) in [6, 6.07) is 1.65. The summed E-state index contributed by atoms with van der Waals surface area (Å²) < 4.78 is 16.2. The minimum Gasteiger partial charge on any atom is -0.493 e. The van der Waals surface area contributed by atoms with Crippen LogP contribution in [0, 0.1) is 0 Å². The lowest BCUT2D eigenvalue weighted by Gasteiger charge is -2.23. The molecule has 86 valence electrons. The summed E-state index contributed by atoms with van der Waals surface area (Å²) in [6.45, 7) is 4.59. The predicted octanol–water partition coefficient (Wildman–Crippen LogP) is 2.26. The number of rotatable bonds is 2. The Morgan fingerprint density at radius 2 is 2.06 bits per heavy atom. The Kier molecular flexibility index (Phi) is 2.83. The molecule has 1 aliphatic rings. The molecular formula is C11H12ClNO3. The van der Waals surface area contributed by atoms with Crippen LogP contribution in [0.15, 0.2) is 12.6 Å². The second-order valence-corrected chi connectivity index (χ2v) is 3.76. The van der Waals surface area contributed by atoms with Crippen LogP contribution in [0.3, 0.4) is 0 Å². The first-order chi connectivity index (χ1) is 7.65. The van der Waals surface area contributed by atoms with Gasteiger partial charge < -0.3 is 19.9 Å². The summed E-state index contributed by atoms with van der Waals surface area (Å²) in [6.07, 6.45) is 0. The van der Waals surface area contributed by atoms with E-state index in [1.165, 1.54) is 0 Å². The van der Waals surface area contributed by atoms with Crippen molar-refractivity contribution in [2.45, 2.75) is 0 Å². The average molecular weight is 242 g/mol. The number of benzene rings is 1. The zero-order valence-corrected chi connectivity index (χ0v) is 9.63. The Hall–Kier alpha value is -1.55. The maximum atomic E-state index is 5.89. The average Bonchev–Trinajstić information content (AvgIpc) is 2.27. The summed E-state index contributed by atoms with van der Waals surface area (Å²) in [4.78, 5) is 0. The van der Waals surface area contributed by atoms with Gasteiger partial charge in [0.1, 0.15) is 13.2 Å². The molecule has 2 N–H and O–H groups in total. The molecule has 2 rings (SSSR count). The maximum absolute atomic E-state index is 5.89. The Balaban J connectivity index is 2.67. The summed E-state index contributed by atoms with van der Waals surface area (Å²) in [5.74, 6) is 1.57. The highest BCUT2D eigenvalue weighted by Crippen LogP contribution is 2.47. The van der Waals surface area contributed by atoms with Crippen molar-refractivity contribution in [3.63, 3.8) is 0 Å². The van der Waals surface area contributed by atoms with Crippen molar-refractivity contribution in [2.24, 2.45) is 0 Å². The largest absolute Gasteiger partial charge is 0.493 e. The highest BCUT2D eigenvalue weighted by Gasteiger charge is 2.24. The quantitative estimate of drug-likeness (QED) is 0.807. The molecular weight excluding hydrogens is 230 g/mol. The van der Waals surface area contributed by atoms with Crippen molar-refractivity contribution in [2.75, 3.05) is 26.1 Å². The van der Waals surface area contributed by atoms with Crippen molar-refractivity contribution >= 4 is 22.3 Å². The fraction of sp³-hybridized carbons (Fsp3) is 0.273. The predicted molar refractivity (Wildman–Crippen MR) is 63.3 cm³/mol. The molecule has 0 radical (unpaired) electrons. The number of ether oxygens (including phenoxy) is 3. The number of hydrogen-bond acceptors (Lipinski definition) is 4. The Bertz CT molecular complexity index is 445. The summed E-state index contributed by atoms with van der Waals surface area (Å²) in [5, 5.41) is 0.321. The van der Waals surface area contributed by atoms with Gasteiger partial charge in [0, 0.05) is 16.8 Å². The molecule has 5 heteroatoms. The molecule has 0 fully saturated rings. The van der Waals surface area contributed by atoms with E-state index in [1.807, 2.05) is 0 Å². The van der Waals surface area contributed by atoms with Crippen molar-refractivity contribution < 1.29 is 14.2 Å². The van der Waals surface area contributed by atoms with Gasteiger partial charge in [-0.15, -0.1) is 0 Å². The number of fused-ring (bicyclic) bond motifs is 1. The van der Waals surface area contributed by atoms with E-state index < -0.39 is 0 Å². The Labute approximate surface area is 98.5 Å². The maximum Gasteiger partial charge on any atom is 0.204 e. The van der Waals surface area contributed by atoms with E-state index in [9.17, 15) is 0 Å². The molecule has 0 spiro atoms. The summed E-state index contributed by atoms with van der Waals surface area (Å²) >= 11 is 5.89. The van der Waals surface area contributed by atoms with Crippen molar-refractivity contribution in [3.05, 3.63) is 18.2 Å². The molecule has 4 nitrogen and oxygen atoms in total. The molecule has 1 aromatic rings. The monoisotopic (exact) mass is 241 g/mol. The first-order valence-corrected chi connectivity index (χ1v) is 5.13. The van der Waals surface area contributed by atoms with Crippen LogP contribution >= 0.6 is 11.6 Å². The molecule has 0 saturated carbocycles. The Morgan fingerprint density at radius 1 is 1.44 bits per heavy atom. The normalized spacial score (nSPS) is 13.4. The van der Waals surface area contributed by atoms with Crippen LogP contribution < -0.4 is 19.9 Å². The van der Waals surface area contributed by atoms with E-state index in [0.717, 1.165) is 0 Å². The number of methoxy groups -OCH3 is 1. The van der Waals surface area contributed by atoms with E-state index >= 15 is 0 Å². The van der Waals surface area contributed by atoms with Crippen LogP contribution in [0.2, 0.25) is 0 Å². The number of hydrogen-bond donors (Lipinski definition) is 1. The molecule has 0 atom stereocenters. The van der Waals surface area contributed by atoms with E-state index in [0.29, 0.717) is 46.7 Å². The number of anilines is 1. The molecule has 0 aromatic heterocycles. The topological polar surface area (TPSA) is 53.7 Å². The highest BCUT2D eigenvalue weighted by atomic mass is 35.5. The second-order valence-electron chi connectivity index (χ2n) is 3.30. The fourth-order valence-corrected chi connectivity index (χ4v) is 1.82. The van der Waals surface area contributed by atoms with E-state index in [1.54, 1.807) is 13.2 Å². The standard InChI is InChI=1S/C11H12ClNO3/c1-6(12)9-7(13)5-8(14-2)10-11(9)16-4-3-15-10/h5H,1,3-4,13H2,2H3. The van der Waals surface area contributed by atoms with E-state index in [4.69, 9.17) is 31.5 Å². The lowest BCUT2D eigenvalue weighted by atomic mass is 10.1. The third kappa shape index (κ3) is 1.65. The first-order valence-electron chi connectivity index (χ1n) is 4.76. The van der Waals surface area contributed by atoms with Crippen LogP contribution in [-0.4, -0.2) is 20.3 Å². The van der Waals surface area contributed by atoms with Gasteiger partial charge in [0.15, 0.2) is 11.5 Å². The minimum absolute atomic E-state index is 0.321. The second kappa shape index (κ2) is 4.14. The van der Waals surface area contributed by atoms with Gasteiger partial charge in [0.25, 0.3) is 0 Å². The first kappa shape index (κ1) is 11.0. The van der Waals surface area contributed by atoms with Gasteiger partial charge in [-0.25, -0.2) is 0 Å². The van der Waals surface area contributed by atoms with Gasteiger partial charge >= 0.3 is 0 Å². The van der Waals surface area contributed by atoms with Crippen molar-refractivity contribution in [1.29, 1.82) is 0 Å². The molecule has 0 unspecified atom stereocenters. The SMILES string of the molecule is C=C(Cl)c1c(N)cc(OC)c2c1OCCO2. The van der Waals surface area contributed by atoms with Gasteiger partial charge in [-0.1, -0.05) is 18.2 Å². The van der Waals surface area contributed by atoms with Crippen LogP contribution in [-0.2, 0) is 0 Å². The molecule has 0 saturated heterocycles. The molecule has 1 aliphatic heterocycles. The summed E-state index contributed by atoms with van der Waals surface area (Å²) in [7, 11) is 1.54. The minimum atomic E-state index is 0.321. The van der Waals surface area contributed by atoms with Crippen LogP contribution in [0.25, 0.3) is 5.03 Å². The van der Waals surface area contributed by atoms with Crippen molar-refractivity contribution in [1.82, 2.24) is 0 Å². The molecule has 1 heterocycles. The third-order valence-electron chi connectivity index (χ3n) is 2.30. The highest BCUT2D eigenvalue weighted by molar-refractivity contribution is 6.49. The zero-order chi connectivity index (χ0) is 11.7. The van der Waals surface area contributed by atoms with Gasteiger partial charge in [0.05, 0.1) is 12.7 Å². The molecule has 0 bridgehead atoms. The smallest absolute Gasteiger partial charge is 0.204 e. The zero-order valence-electron chi connectivity index (χ0n) is 8.88. The Morgan fingerprint density at radius 3 is 2.62 bits per heavy atom. The number of nitrogen functional groups attached to an aromatic ring is 1. The summed E-state index contributed by atoms with van der Waals surface area (Å²) in [5.41, 5.74) is 6.89. The molecule has 0 aliphatic carbocycles. The van der Waals surface area contributed by atoms with Gasteiger partial charge in [-0.3, -0.25) is 0 Å². The van der Waals surface area contributed by atoms with Gasteiger partial charge in [-0.2, -0.15) is 0 Å². The molecule has 16 heavy (non-hydrogen) atoms. The number of nitrogens with two attached hydrogens (primary N) is 1. The fourth-order valence-electron chi connectivity index (χ4n) is 1.63. The lowest BCUT2D eigenvalue weighted by molar-refractivity contribution is 0.165. The molecule has 0 amide bonds. The van der Waals surface area contributed by atoms with Gasteiger partial charge in [0.2, 0.25) is 5.75 Å². The van der Waals surface area contributed by atoms with E-state index in [-0.39, 0.29) is 0 Å². The van der Waals surface area contributed by atoms with Crippen LogP contribution in [0.1, 0.15) is 5.56 Å². The molecule has 1 aromatic carbocycles.